The molecule has 1 saturated heterocycles. The van der Waals surface area contributed by atoms with Crippen molar-refractivity contribution in [3.63, 3.8) is 0 Å². The topological polar surface area (TPSA) is 67.4 Å². The molecule has 21 heavy (non-hydrogen) atoms. The maximum atomic E-state index is 12.5. The molecule has 1 fully saturated rings. The van der Waals surface area contributed by atoms with Crippen LogP contribution in [0, 0.1) is 13.8 Å². The van der Waals surface area contributed by atoms with E-state index in [9.17, 15) is 8.42 Å². The van der Waals surface area contributed by atoms with Gasteiger partial charge in [0.05, 0.1) is 11.0 Å². The Morgan fingerprint density at radius 3 is 2.48 bits per heavy atom. The smallest absolute Gasteiger partial charge is 0.241 e. The molecule has 1 heterocycles. The highest BCUT2D eigenvalue weighted by Crippen LogP contribution is 2.24. The molecule has 1 atom stereocenters. The Bertz CT molecular complexity index is 570. The van der Waals surface area contributed by atoms with Crippen LogP contribution >= 0.6 is 0 Å². The Balaban J connectivity index is 2.18. The number of rotatable bonds is 6. The van der Waals surface area contributed by atoms with Crippen LogP contribution in [0.4, 0.5) is 5.69 Å². The summed E-state index contributed by atoms with van der Waals surface area (Å²) >= 11 is 0. The fraction of sp³-hybridized carbons (Fsp3) is 0.600. The van der Waals surface area contributed by atoms with Crippen molar-refractivity contribution in [2.24, 2.45) is 0 Å². The third-order valence-electron chi connectivity index (χ3n) is 3.63. The molecular weight excluding hydrogens is 288 g/mol. The number of sulfonamides is 1. The lowest BCUT2D eigenvalue weighted by Crippen LogP contribution is -2.32. The highest BCUT2D eigenvalue weighted by atomic mass is 32.2. The van der Waals surface area contributed by atoms with Gasteiger partial charge < -0.3 is 10.1 Å². The van der Waals surface area contributed by atoms with Gasteiger partial charge in [0.2, 0.25) is 10.0 Å². The van der Waals surface area contributed by atoms with Crippen LogP contribution in [0.15, 0.2) is 17.0 Å². The van der Waals surface area contributed by atoms with Gasteiger partial charge in [-0.2, -0.15) is 0 Å². The molecule has 1 aliphatic rings. The van der Waals surface area contributed by atoms with Crippen LogP contribution in [0.5, 0.6) is 0 Å². The molecule has 0 bridgehead atoms. The number of hydrogen-bond donors (Lipinski definition) is 2. The van der Waals surface area contributed by atoms with Crippen LogP contribution in [0.3, 0.4) is 0 Å². The van der Waals surface area contributed by atoms with E-state index in [1.807, 2.05) is 32.9 Å². The Labute approximate surface area is 127 Å². The summed E-state index contributed by atoms with van der Waals surface area (Å²) < 4.78 is 33.2. The maximum Gasteiger partial charge on any atom is 0.241 e. The number of hydrogen-bond acceptors (Lipinski definition) is 4. The highest BCUT2D eigenvalue weighted by Gasteiger charge is 2.23. The van der Waals surface area contributed by atoms with Gasteiger partial charge in [0.25, 0.3) is 0 Å². The predicted molar refractivity (Wildman–Crippen MR) is 84.2 cm³/mol. The van der Waals surface area contributed by atoms with Gasteiger partial charge in [-0.05, 0) is 56.9 Å². The van der Waals surface area contributed by atoms with Gasteiger partial charge >= 0.3 is 0 Å². The molecule has 0 saturated carbocycles. The zero-order chi connectivity index (χ0) is 15.5. The van der Waals surface area contributed by atoms with E-state index in [2.05, 4.69) is 10.0 Å². The summed E-state index contributed by atoms with van der Waals surface area (Å²) in [6.45, 7) is 7.54. The molecule has 2 N–H and O–H groups in total. The van der Waals surface area contributed by atoms with E-state index in [1.165, 1.54) is 0 Å². The third kappa shape index (κ3) is 3.96. The molecule has 0 amide bonds. The van der Waals surface area contributed by atoms with E-state index >= 15 is 0 Å². The van der Waals surface area contributed by atoms with Crippen molar-refractivity contribution in [1.29, 1.82) is 0 Å². The summed E-state index contributed by atoms with van der Waals surface area (Å²) in [6, 6.07) is 3.74. The number of aryl methyl sites for hydroxylation is 2. The normalized spacial score (nSPS) is 18.9. The first-order chi connectivity index (χ1) is 9.94. The van der Waals surface area contributed by atoms with E-state index in [1.54, 1.807) is 0 Å². The van der Waals surface area contributed by atoms with Crippen molar-refractivity contribution in [1.82, 2.24) is 4.72 Å². The van der Waals surface area contributed by atoms with Crippen molar-refractivity contribution >= 4 is 15.7 Å². The molecule has 6 heteroatoms. The van der Waals surface area contributed by atoms with Gasteiger partial charge in [-0.25, -0.2) is 13.1 Å². The van der Waals surface area contributed by atoms with E-state index in [0.717, 1.165) is 42.8 Å². The molecule has 0 aliphatic carbocycles. The molecule has 0 spiro atoms. The molecule has 1 unspecified atom stereocenters. The summed E-state index contributed by atoms with van der Waals surface area (Å²) in [5.41, 5.74) is 2.46. The van der Waals surface area contributed by atoms with Gasteiger partial charge in [0.15, 0.2) is 0 Å². The summed E-state index contributed by atoms with van der Waals surface area (Å²) in [7, 11) is -3.50. The van der Waals surface area contributed by atoms with Gasteiger partial charge in [0.1, 0.15) is 0 Å². The van der Waals surface area contributed by atoms with Crippen molar-refractivity contribution in [3.8, 4) is 0 Å². The van der Waals surface area contributed by atoms with Crippen molar-refractivity contribution in [3.05, 3.63) is 23.3 Å². The minimum Gasteiger partial charge on any atom is -0.385 e. The molecule has 1 aliphatic heterocycles. The molecule has 118 valence electrons. The second-order valence-electron chi connectivity index (χ2n) is 5.46. The Kier molecular flexibility index (Phi) is 5.24. The van der Waals surface area contributed by atoms with Gasteiger partial charge in [-0.15, -0.1) is 0 Å². The zero-order valence-electron chi connectivity index (χ0n) is 12.9. The minimum absolute atomic E-state index is 0.00131. The van der Waals surface area contributed by atoms with Crippen molar-refractivity contribution in [2.45, 2.75) is 44.6 Å². The highest BCUT2D eigenvalue weighted by molar-refractivity contribution is 7.89. The first kappa shape index (κ1) is 16.3. The molecule has 1 aromatic rings. The van der Waals surface area contributed by atoms with E-state index < -0.39 is 10.0 Å². The van der Waals surface area contributed by atoms with Crippen LogP contribution in [-0.2, 0) is 14.8 Å². The summed E-state index contributed by atoms with van der Waals surface area (Å²) in [4.78, 5) is 0.377. The fourth-order valence-electron chi connectivity index (χ4n) is 2.76. The number of nitrogens with one attached hydrogen (secondary N) is 2. The maximum absolute atomic E-state index is 12.5. The van der Waals surface area contributed by atoms with Crippen LogP contribution < -0.4 is 10.0 Å². The molecule has 1 aromatic carbocycles. The monoisotopic (exact) mass is 312 g/mol. The predicted octanol–water partition coefficient (Wildman–Crippen LogP) is 2.19. The molecule has 5 nitrogen and oxygen atoms in total. The van der Waals surface area contributed by atoms with Gasteiger partial charge in [-0.1, -0.05) is 0 Å². The Morgan fingerprint density at radius 2 is 1.95 bits per heavy atom. The van der Waals surface area contributed by atoms with Crippen LogP contribution in [0.1, 0.15) is 30.9 Å². The van der Waals surface area contributed by atoms with Gasteiger partial charge in [-0.3, -0.25) is 0 Å². The zero-order valence-corrected chi connectivity index (χ0v) is 13.7. The Hall–Kier alpha value is -1.11. The third-order valence-corrected chi connectivity index (χ3v) is 5.36. The average Bonchev–Trinajstić information content (AvgIpc) is 2.88. The summed E-state index contributed by atoms with van der Waals surface area (Å²) in [5, 5.41) is 3.21. The lowest BCUT2D eigenvalue weighted by atomic mass is 10.1. The lowest BCUT2D eigenvalue weighted by molar-refractivity contribution is 0.114. The van der Waals surface area contributed by atoms with E-state index in [0.29, 0.717) is 11.4 Å². The Morgan fingerprint density at radius 1 is 1.29 bits per heavy atom. The molecule has 0 aromatic heterocycles. The SMILES string of the molecule is CCNc1cc(C)c(S(=O)(=O)NCC2CCCO2)c(C)c1. The first-order valence-electron chi connectivity index (χ1n) is 7.40. The van der Waals surface area contributed by atoms with Crippen LogP contribution in [0.25, 0.3) is 0 Å². The van der Waals surface area contributed by atoms with Gasteiger partial charge in [0, 0.05) is 25.4 Å². The number of anilines is 1. The van der Waals surface area contributed by atoms with E-state index in [-0.39, 0.29) is 6.10 Å². The second kappa shape index (κ2) is 6.77. The largest absolute Gasteiger partial charge is 0.385 e. The number of benzene rings is 1. The second-order valence-corrected chi connectivity index (χ2v) is 7.16. The van der Waals surface area contributed by atoms with Crippen LogP contribution in [0.2, 0.25) is 0 Å². The number of ether oxygens (including phenoxy) is 1. The van der Waals surface area contributed by atoms with Crippen molar-refractivity contribution in [2.75, 3.05) is 25.0 Å². The minimum atomic E-state index is -3.50. The first-order valence-corrected chi connectivity index (χ1v) is 8.88. The average molecular weight is 312 g/mol. The molecule has 2 rings (SSSR count). The standard InChI is InChI=1S/C15H24N2O3S/c1-4-16-13-8-11(2)15(12(3)9-13)21(18,19)17-10-14-6-5-7-20-14/h8-9,14,16-17H,4-7,10H2,1-3H3. The summed E-state index contributed by atoms with van der Waals surface area (Å²) in [5.74, 6) is 0. The van der Waals surface area contributed by atoms with Crippen LogP contribution in [-0.4, -0.2) is 34.2 Å². The lowest BCUT2D eigenvalue weighted by Gasteiger charge is -2.16. The molecular formula is C15H24N2O3S. The fourth-order valence-corrected chi connectivity index (χ4v) is 4.28. The summed E-state index contributed by atoms with van der Waals surface area (Å²) in [6.07, 6.45) is 1.92. The molecule has 0 radical (unpaired) electrons. The van der Waals surface area contributed by atoms with E-state index in [4.69, 9.17) is 4.74 Å². The van der Waals surface area contributed by atoms with Crippen molar-refractivity contribution < 1.29 is 13.2 Å². The quantitative estimate of drug-likeness (QED) is 0.845.